The molecule has 5 aliphatic rings. The van der Waals surface area contributed by atoms with Gasteiger partial charge in [0.15, 0.2) is 4.32 Å². The highest BCUT2D eigenvalue weighted by molar-refractivity contribution is 8.26. The number of hydrazine groups is 1. The molecule has 4 saturated carbocycles. The summed E-state index contributed by atoms with van der Waals surface area (Å²) in [6, 6.07) is 7.50. The van der Waals surface area contributed by atoms with Crippen LogP contribution in [0.15, 0.2) is 41.8 Å². The molecule has 162 valence electrons. The Bertz CT molecular complexity index is 952. The summed E-state index contributed by atoms with van der Waals surface area (Å²) >= 11 is 6.65. The highest BCUT2D eigenvalue weighted by Crippen LogP contribution is 2.60. The van der Waals surface area contributed by atoms with Gasteiger partial charge in [0.2, 0.25) is 5.91 Å². The van der Waals surface area contributed by atoms with Gasteiger partial charge >= 0.3 is 0 Å². The maximum Gasteiger partial charge on any atom is 0.285 e. The molecule has 0 unspecified atom stereocenters. The third-order valence-electron chi connectivity index (χ3n) is 7.05. The van der Waals surface area contributed by atoms with Gasteiger partial charge in [0.05, 0.1) is 10.3 Å². The van der Waals surface area contributed by atoms with Crippen LogP contribution in [0.3, 0.4) is 0 Å². The molecule has 0 aromatic heterocycles. The first-order chi connectivity index (χ1) is 15.0. The number of benzene rings is 1. The molecular weight excluding hydrogens is 428 g/mol. The SMILES string of the molecule is C=CCOc1cccc(/C=C2/SC(=S)N(NC(=O)C34CC5CC(CC(C5)C3)C4)C2=O)c1. The van der Waals surface area contributed by atoms with Gasteiger partial charge in [0.25, 0.3) is 5.91 Å². The molecule has 1 aromatic carbocycles. The van der Waals surface area contributed by atoms with Crippen molar-refractivity contribution in [3.05, 3.63) is 47.4 Å². The van der Waals surface area contributed by atoms with Gasteiger partial charge in [-0.25, -0.2) is 0 Å². The van der Waals surface area contributed by atoms with Crippen molar-refractivity contribution < 1.29 is 14.3 Å². The number of thioether (sulfide) groups is 1. The molecule has 1 aromatic rings. The zero-order chi connectivity index (χ0) is 21.6. The minimum Gasteiger partial charge on any atom is -0.490 e. The van der Waals surface area contributed by atoms with Gasteiger partial charge in [-0.3, -0.25) is 15.0 Å². The van der Waals surface area contributed by atoms with Gasteiger partial charge < -0.3 is 4.74 Å². The normalized spacial score (nSPS) is 32.6. The first kappa shape index (κ1) is 20.8. The highest BCUT2D eigenvalue weighted by atomic mass is 32.2. The quantitative estimate of drug-likeness (QED) is 0.384. The van der Waals surface area contributed by atoms with Crippen LogP contribution in [0.4, 0.5) is 0 Å². The lowest BCUT2D eigenvalue weighted by molar-refractivity contribution is -0.152. The molecule has 1 saturated heterocycles. The van der Waals surface area contributed by atoms with Crippen LogP contribution in [0.25, 0.3) is 6.08 Å². The minimum atomic E-state index is -0.321. The van der Waals surface area contributed by atoms with Crippen LogP contribution in [0.1, 0.15) is 44.1 Å². The van der Waals surface area contributed by atoms with E-state index in [2.05, 4.69) is 12.0 Å². The number of carbonyl (C=O) groups excluding carboxylic acids is 2. The first-order valence-corrected chi connectivity index (χ1v) is 12.1. The first-order valence-electron chi connectivity index (χ1n) is 10.9. The zero-order valence-electron chi connectivity index (χ0n) is 17.3. The molecule has 0 radical (unpaired) electrons. The molecule has 2 amide bonds. The van der Waals surface area contributed by atoms with E-state index in [9.17, 15) is 9.59 Å². The summed E-state index contributed by atoms with van der Waals surface area (Å²) < 4.78 is 5.94. The molecule has 5 fully saturated rings. The summed E-state index contributed by atoms with van der Waals surface area (Å²) in [5.74, 6) is 2.41. The molecule has 7 heteroatoms. The lowest BCUT2D eigenvalue weighted by atomic mass is 9.49. The predicted octanol–water partition coefficient (Wildman–Crippen LogP) is 4.70. The Labute approximate surface area is 192 Å². The number of thiocarbonyl (C=S) groups is 1. The second kappa shape index (κ2) is 8.10. The van der Waals surface area contributed by atoms with E-state index >= 15 is 0 Å². The Kier molecular flexibility index (Phi) is 5.42. The van der Waals surface area contributed by atoms with Crippen LogP contribution in [0, 0.1) is 23.2 Å². The number of nitrogens with zero attached hydrogens (tertiary/aromatic N) is 1. The molecule has 1 aliphatic heterocycles. The summed E-state index contributed by atoms with van der Waals surface area (Å²) in [5.41, 5.74) is 3.42. The zero-order valence-corrected chi connectivity index (χ0v) is 19.0. The second-order valence-corrected chi connectivity index (χ2v) is 11.0. The van der Waals surface area contributed by atoms with Crippen molar-refractivity contribution >= 4 is 46.2 Å². The van der Waals surface area contributed by atoms with Gasteiger partial charge in [0, 0.05) is 0 Å². The van der Waals surface area contributed by atoms with Gasteiger partial charge in [-0.15, -0.1) is 0 Å². The molecule has 4 bridgehead atoms. The van der Waals surface area contributed by atoms with E-state index in [1.54, 1.807) is 12.2 Å². The van der Waals surface area contributed by atoms with Crippen LogP contribution >= 0.6 is 24.0 Å². The molecule has 4 aliphatic carbocycles. The second-order valence-electron chi connectivity index (χ2n) is 9.33. The lowest BCUT2D eigenvalue weighted by Crippen LogP contribution is -2.57. The van der Waals surface area contributed by atoms with Crippen molar-refractivity contribution in [3.63, 3.8) is 0 Å². The average Bonchev–Trinajstić information content (AvgIpc) is 2.99. The topological polar surface area (TPSA) is 58.6 Å². The molecule has 0 atom stereocenters. The van der Waals surface area contributed by atoms with Crippen LogP contribution in [-0.2, 0) is 9.59 Å². The molecule has 31 heavy (non-hydrogen) atoms. The summed E-state index contributed by atoms with van der Waals surface area (Å²) in [5, 5.41) is 1.27. The number of nitrogens with one attached hydrogen (secondary N) is 1. The summed E-state index contributed by atoms with van der Waals surface area (Å²) in [6.07, 6.45) is 10.1. The standard InChI is InChI=1S/C24H26N2O3S2/c1-2-6-29-19-5-3-4-15(10-19)11-20-21(27)26(23(30)31-20)25-22(28)24-12-16-7-17(13-24)9-18(8-16)14-24/h2-5,10-11,16-18H,1,6-9,12-14H2,(H,25,28)/b20-11+. The van der Waals surface area contributed by atoms with Crippen LogP contribution in [0.2, 0.25) is 0 Å². The highest BCUT2D eigenvalue weighted by Gasteiger charge is 2.55. The smallest absolute Gasteiger partial charge is 0.285 e. The minimum absolute atomic E-state index is 0.0241. The third kappa shape index (κ3) is 3.94. The summed E-state index contributed by atoms with van der Waals surface area (Å²) in [7, 11) is 0. The number of hydrogen-bond acceptors (Lipinski definition) is 5. The molecule has 1 heterocycles. The maximum atomic E-state index is 13.3. The Morgan fingerprint density at radius 2 is 1.94 bits per heavy atom. The number of carbonyl (C=O) groups is 2. The molecule has 6 rings (SSSR count). The van der Waals surface area contributed by atoms with E-state index < -0.39 is 0 Å². The monoisotopic (exact) mass is 454 g/mol. The summed E-state index contributed by atoms with van der Waals surface area (Å²) in [6.45, 7) is 4.07. The Hall–Kier alpha value is -2.12. The largest absolute Gasteiger partial charge is 0.490 e. The Morgan fingerprint density at radius 1 is 1.26 bits per heavy atom. The fraction of sp³-hybridized carbons (Fsp3) is 0.458. The number of rotatable bonds is 6. The van der Waals surface area contributed by atoms with E-state index in [0.29, 0.717) is 39.3 Å². The van der Waals surface area contributed by atoms with E-state index in [0.717, 1.165) is 24.8 Å². The van der Waals surface area contributed by atoms with Crippen LogP contribution in [-0.4, -0.2) is 27.8 Å². The number of ether oxygens (including phenoxy) is 1. The van der Waals surface area contributed by atoms with Gasteiger partial charge in [-0.1, -0.05) is 36.5 Å². The molecule has 5 nitrogen and oxygen atoms in total. The van der Waals surface area contributed by atoms with Gasteiger partial charge in [-0.05, 0) is 92.3 Å². The molecule has 1 N–H and O–H groups in total. The van der Waals surface area contributed by atoms with Crippen molar-refractivity contribution in [2.75, 3.05) is 6.61 Å². The van der Waals surface area contributed by atoms with Crippen molar-refractivity contribution in [2.45, 2.75) is 38.5 Å². The Balaban J connectivity index is 1.30. The van der Waals surface area contributed by atoms with Crippen molar-refractivity contribution in [2.24, 2.45) is 23.2 Å². The average molecular weight is 455 g/mol. The van der Waals surface area contributed by atoms with E-state index in [1.165, 1.54) is 36.0 Å². The van der Waals surface area contributed by atoms with E-state index in [1.807, 2.05) is 24.3 Å². The van der Waals surface area contributed by atoms with E-state index in [-0.39, 0.29) is 17.2 Å². The van der Waals surface area contributed by atoms with Crippen molar-refractivity contribution in [1.82, 2.24) is 10.4 Å². The van der Waals surface area contributed by atoms with E-state index in [4.69, 9.17) is 17.0 Å². The lowest BCUT2D eigenvalue weighted by Gasteiger charge is -2.55. The summed E-state index contributed by atoms with van der Waals surface area (Å²) in [4.78, 5) is 26.9. The van der Waals surface area contributed by atoms with Crippen molar-refractivity contribution in [1.29, 1.82) is 0 Å². The number of amides is 2. The van der Waals surface area contributed by atoms with Crippen LogP contribution < -0.4 is 10.2 Å². The predicted molar refractivity (Wildman–Crippen MR) is 126 cm³/mol. The molecular formula is C24H26N2O3S2. The number of hydrogen-bond donors (Lipinski definition) is 1. The fourth-order valence-corrected chi connectivity index (χ4v) is 7.35. The maximum absolute atomic E-state index is 13.3. The third-order valence-corrected chi connectivity index (χ3v) is 8.35. The molecule has 0 spiro atoms. The van der Waals surface area contributed by atoms with Gasteiger partial charge in [-0.2, -0.15) is 5.01 Å². The fourth-order valence-electron chi connectivity index (χ4n) is 6.17. The van der Waals surface area contributed by atoms with Crippen LogP contribution in [0.5, 0.6) is 5.75 Å². The van der Waals surface area contributed by atoms with Gasteiger partial charge in [0.1, 0.15) is 12.4 Å². The Morgan fingerprint density at radius 3 is 2.58 bits per heavy atom. The van der Waals surface area contributed by atoms with Crippen molar-refractivity contribution in [3.8, 4) is 5.75 Å².